The summed E-state index contributed by atoms with van der Waals surface area (Å²) in [6.45, 7) is 5.64. The van der Waals surface area contributed by atoms with Gasteiger partial charge in [0.15, 0.2) is 0 Å². The van der Waals surface area contributed by atoms with Gasteiger partial charge in [0.05, 0.1) is 0 Å². The van der Waals surface area contributed by atoms with Crippen LogP contribution in [0.3, 0.4) is 0 Å². The van der Waals surface area contributed by atoms with Crippen molar-refractivity contribution in [2.75, 3.05) is 7.05 Å². The third-order valence-electron chi connectivity index (χ3n) is 2.92. The van der Waals surface area contributed by atoms with Gasteiger partial charge in [-0.1, -0.05) is 0 Å². The SMILES string of the molecule is CN(C(=O)OC(C)(C)C)[C@H]1CCC[C@H](N)C1. The number of carbonyl (C=O) groups is 1. The van der Waals surface area contributed by atoms with E-state index in [1.165, 1.54) is 0 Å². The van der Waals surface area contributed by atoms with E-state index in [0.717, 1.165) is 25.7 Å². The Labute approximate surface area is 98.1 Å². The standard InChI is InChI=1S/C12H24N2O2/c1-12(2,3)16-11(15)14(4)10-7-5-6-9(13)8-10/h9-10H,5-8,13H2,1-4H3/t9-,10-/m0/s1. The first-order chi connectivity index (χ1) is 7.29. The van der Waals surface area contributed by atoms with E-state index in [4.69, 9.17) is 10.5 Å². The van der Waals surface area contributed by atoms with Crippen molar-refractivity contribution in [3.8, 4) is 0 Å². The first-order valence-electron chi connectivity index (χ1n) is 6.01. The highest BCUT2D eigenvalue weighted by atomic mass is 16.6. The van der Waals surface area contributed by atoms with Crippen molar-refractivity contribution in [1.82, 2.24) is 4.90 Å². The summed E-state index contributed by atoms with van der Waals surface area (Å²) in [4.78, 5) is 13.5. The van der Waals surface area contributed by atoms with Gasteiger partial charge in [0.1, 0.15) is 5.60 Å². The van der Waals surface area contributed by atoms with Crippen molar-refractivity contribution in [2.24, 2.45) is 5.73 Å². The predicted octanol–water partition coefficient (Wildman–Crippen LogP) is 2.12. The van der Waals surface area contributed by atoms with Crippen molar-refractivity contribution >= 4 is 6.09 Å². The van der Waals surface area contributed by atoms with Gasteiger partial charge < -0.3 is 15.4 Å². The zero-order valence-electron chi connectivity index (χ0n) is 10.8. The number of ether oxygens (including phenoxy) is 1. The normalized spacial score (nSPS) is 26.3. The van der Waals surface area contributed by atoms with Gasteiger partial charge in [-0.2, -0.15) is 0 Å². The van der Waals surface area contributed by atoms with E-state index in [-0.39, 0.29) is 18.2 Å². The van der Waals surface area contributed by atoms with E-state index in [2.05, 4.69) is 0 Å². The summed E-state index contributed by atoms with van der Waals surface area (Å²) in [6, 6.07) is 0.460. The fourth-order valence-corrected chi connectivity index (χ4v) is 2.04. The highest BCUT2D eigenvalue weighted by molar-refractivity contribution is 5.68. The van der Waals surface area contributed by atoms with Crippen LogP contribution in [0.5, 0.6) is 0 Å². The number of carbonyl (C=O) groups excluding carboxylic acids is 1. The van der Waals surface area contributed by atoms with Crippen LogP contribution >= 0.6 is 0 Å². The second-order valence-corrected chi connectivity index (χ2v) is 5.67. The fraction of sp³-hybridized carbons (Fsp3) is 0.917. The molecule has 2 N–H and O–H groups in total. The van der Waals surface area contributed by atoms with Gasteiger partial charge in [-0.15, -0.1) is 0 Å². The molecule has 0 spiro atoms. The van der Waals surface area contributed by atoms with Gasteiger partial charge in [0.2, 0.25) is 0 Å². The molecule has 0 aromatic heterocycles. The second-order valence-electron chi connectivity index (χ2n) is 5.67. The molecule has 1 aliphatic carbocycles. The Morgan fingerprint density at radius 3 is 2.50 bits per heavy atom. The van der Waals surface area contributed by atoms with Crippen LogP contribution in [-0.2, 0) is 4.74 Å². The molecule has 1 fully saturated rings. The average molecular weight is 228 g/mol. The van der Waals surface area contributed by atoms with Crippen molar-refractivity contribution in [3.63, 3.8) is 0 Å². The summed E-state index contributed by atoms with van der Waals surface area (Å²) in [5.74, 6) is 0. The third kappa shape index (κ3) is 4.00. The van der Waals surface area contributed by atoms with Crippen molar-refractivity contribution in [2.45, 2.75) is 64.1 Å². The summed E-state index contributed by atoms with van der Waals surface area (Å²) in [5.41, 5.74) is 5.48. The molecule has 94 valence electrons. The van der Waals surface area contributed by atoms with Crippen LogP contribution < -0.4 is 5.73 Å². The lowest BCUT2D eigenvalue weighted by atomic mass is 9.91. The molecule has 0 aromatic carbocycles. The minimum absolute atomic E-state index is 0.226. The van der Waals surface area contributed by atoms with Gasteiger partial charge >= 0.3 is 6.09 Å². The lowest BCUT2D eigenvalue weighted by molar-refractivity contribution is 0.0182. The Kier molecular flexibility index (Phi) is 4.19. The molecule has 1 saturated carbocycles. The Morgan fingerprint density at radius 1 is 1.38 bits per heavy atom. The monoisotopic (exact) mass is 228 g/mol. The molecular weight excluding hydrogens is 204 g/mol. The zero-order valence-corrected chi connectivity index (χ0v) is 10.8. The van der Waals surface area contributed by atoms with Crippen molar-refractivity contribution in [1.29, 1.82) is 0 Å². The number of rotatable bonds is 1. The van der Waals surface area contributed by atoms with E-state index >= 15 is 0 Å². The molecule has 0 aromatic rings. The number of hydrogen-bond acceptors (Lipinski definition) is 3. The van der Waals surface area contributed by atoms with Crippen LogP contribution in [0.4, 0.5) is 4.79 Å². The molecule has 1 rings (SSSR count). The van der Waals surface area contributed by atoms with Gasteiger partial charge in [-0.05, 0) is 46.5 Å². The molecule has 4 heteroatoms. The van der Waals surface area contributed by atoms with Gasteiger partial charge in [0.25, 0.3) is 0 Å². The molecule has 0 aliphatic heterocycles. The summed E-state index contributed by atoms with van der Waals surface area (Å²) in [6.07, 6.45) is 3.84. The van der Waals surface area contributed by atoms with Crippen LogP contribution in [0.2, 0.25) is 0 Å². The third-order valence-corrected chi connectivity index (χ3v) is 2.92. The lowest BCUT2D eigenvalue weighted by Gasteiger charge is -2.35. The van der Waals surface area contributed by atoms with Crippen LogP contribution in [-0.4, -0.2) is 35.7 Å². The topological polar surface area (TPSA) is 55.6 Å². The maximum Gasteiger partial charge on any atom is 0.410 e. The quantitative estimate of drug-likeness (QED) is 0.748. The number of hydrogen-bond donors (Lipinski definition) is 1. The molecule has 0 bridgehead atoms. The Balaban J connectivity index is 2.49. The van der Waals surface area contributed by atoms with Crippen LogP contribution in [0.1, 0.15) is 46.5 Å². The highest BCUT2D eigenvalue weighted by Gasteiger charge is 2.28. The Morgan fingerprint density at radius 2 is 2.00 bits per heavy atom. The largest absolute Gasteiger partial charge is 0.444 e. The first kappa shape index (κ1) is 13.3. The minimum atomic E-state index is -0.428. The zero-order chi connectivity index (χ0) is 12.3. The molecule has 16 heavy (non-hydrogen) atoms. The summed E-state index contributed by atoms with van der Waals surface area (Å²) >= 11 is 0. The maximum absolute atomic E-state index is 11.8. The molecule has 2 atom stereocenters. The van der Waals surface area contributed by atoms with E-state index in [1.54, 1.807) is 11.9 Å². The Hall–Kier alpha value is -0.770. The van der Waals surface area contributed by atoms with Crippen LogP contribution in [0.15, 0.2) is 0 Å². The number of nitrogens with zero attached hydrogens (tertiary/aromatic N) is 1. The molecule has 4 nitrogen and oxygen atoms in total. The van der Waals surface area contributed by atoms with Crippen molar-refractivity contribution in [3.05, 3.63) is 0 Å². The molecule has 0 saturated heterocycles. The minimum Gasteiger partial charge on any atom is -0.444 e. The van der Waals surface area contributed by atoms with Gasteiger partial charge in [-0.25, -0.2) is 4.79 Å². The van der Waals surface area contributed by atoms with Gasteiger partial charge in [-0.3, -0.25) is 0 Å². The fourth-order valence-electron chi connectivity index (χ4n) is 2.04. The van der Waals surface area contributed by atoms with Crippen LogP contribution in [0, 0.1) is 0 Å². The average Bonchev–Trinajstić information content (AvgIpc) is 2.14. The highest BCUT2D eigenvalue weighted by Crippen LogP contribution is 2.22. The molecule has 0 heterocycles. The van der Waals surface area contributed by atoms with Gasteiger partial charge in [0, 0.05) is 19.1 Å². The number of nitrogens with two attached hydrogens (primary N) is 1. The smallest absolute Gasteiger partial charge is 0.410 e. The van der Waals surface area contributed by atoms with E-state index < -0.39 is 5.60 Å². The molecule has 1 amide bonds. The Bertz CT molecular complexity index is 248. The molecular formula is C12H24N2O2. The van der Waals surface area contributed by atoms with E-state index in [0.29, 0.717) is 0 Å². The first-order valence-corrected chi connectivity index (χ1v) is 6.01. The predicted molar refractivity (Wildman–Crippen MR) is 64.2 cm³/mol. The molecule has 1 aliphatic rings. The van der Waals surface area contributed by atoms with Crippen LogP contribution in [0.25, 0.3) is 0 Å². The van der Waals surface area contributed by atoms with E-state index in [1.807, 2.05) is 20.8 Å². The summed E-state index contributed by atoms with van der Waals surface area (Å²) < 4.78 is 5.33. The summed E-state index contributed by atoms with van der Waals surface area (Å²) in [5, 5.41) is 0. The van der Waals surface area contributed by atoms with Crippen molar-refractivity contribution < 1.29 is 9.53 Å². The summed E-state index contributed by atoms with van der Waals surface area (Å²) in [7, 11) is 1.80. The number of amides is 1. The maximum atomic E-state index is 11.8. The molecule has 0 unspecified atom stereocenters. The second kappa shape index (κ2) is 5.04. The lowest BCUT2D eigenvalue weighted by Crippen LogP contribution is -2.45. The molecule has 0 radical (unpaired) electrons. The van der Waals surface area contributed by atoms with E-state index in [9.17, 15) is 4.79 Å².